The number of rotatable bonds is 9. The maximum Gasteiger partial charge on any atom is 0.234 e. The lowest BCUT2D eigenvalue weighted by Gasteiger charge is -2.12. The van der Waals surface area contributed by atoms with Gasteiger partial charge in [0.15, 0.2) is 11.5 Å². The first kappa shape index (κ1) is 23.7. The quantitative estimate of drug-likeness (QED) is 0.254. The van der Waals surface area contributed by atoms with Gasteiger partial charge in [-0.1, -0.05) is 42.5 Å². The molecule has 3 aromatic carbocycles. The molecule has 2 aromatic heterocycles. The Morgan fingerprint density at radius 1 is 0.892 bits per heavy atom. The summed E-state index contributed by atoms with van der Waals surface area (Å²) in [5.41, 5.74) is 3.67. The van der Waals surface area contributed by atoms with Gasteiger partial charge >= 0.3 is 0 Å². The van der Waals surface area contributed by atoms with Crippen LogP contribution in [0.1, 0.15) is 22.7 Å². The van der Waals surface area contributed by atoms with Crippen molar-refractivity contribution in [2.75, 3.05) is 7.11 Å². The van der Waals surface area contributed by atoms with Gasteiger partial charge < -0.3 is 18.6 Å². The monoisotopic (exact) mass is 492 g/mol. The van der Waals surface area contributed by atoms with Crippen molar-refractivity contribution in [3.63, 3.8) is 0 Å². The van der Waals surface area contributed by atoms with E-state index in [2.05, 4.69) is 16.2 Å². The molecule has 0 radical (unpaired) electrons. The molecule has 5 aromatic rings. The number of para-hydroxylation sites is 1. The topological polar surface area (TPSA) is 95.3 Å². The zero-order chi connectivity index (χ0) is 25.6. The molecule has 0 unspecified atom stereocenters. The minimum atomic E-state index is 0.238. The Bertz CT molecular complexity index is 1540. The molecule has 0 atom stereocenters. The van der Waals surface area contributed by atoms with Crippen molar-refractivity contribution in [3.05, 3.63) is 108 Å². The molecule has 0 aliphatic heterocycles. The van der Waals surface area contributed by atoms with Gasteiger partial charge in [-0.25, -0.2) is 9.67 Å². The molecule has 0 saturated carbocycles. The predicted molar refractivity (Wildman–Crippen MR) is 137 cm³/mol. The first-order chi connectivity index (χ1) is 18.1. The van der Waals surface area contributed by atoms with Crippen LogP contribution in [0.5, 0.6) is 17.4 Å². The van der Waals surface area contributed by atoms with E-state index in [0.717, 1.165) is 22.5 Å². The second kappa shape index (κ2) is 10.7. The highest BCUT2D eigenvalue weighted by Gasteiger charge is 2.14. The van der Waals surface area contributed by atoms with Crippen LogP contribution in [-0.2, 0) is 13.2 Å². The highest BCUT2D eigenvalue weighted by molar-refractivity contribution is 5.53. The SMILES string of the molecule is COc1cc(COc2cc(C#N)n(-c3ccccc3)n2)ccc1OCc1nc(-c2ccccc2)oc1C. The zero-order valence-corrected chi connectivity index (χ0v) is 20.4. The van der Waals surface area contributed by atoms with Crippen LogP contribution in [0.15, 0.2) is 89.3 Å². The number of ether oxygens (including phenoxy) is 3. The molecule has 0 spiro atoms. The molecule has 8 heteroatoms. The molecular weight excluding hydrogens is 468 g/mol. The summed E-state index contributed by atoms with van der Waals surface area (Å²) < 4.78 is 24.8. The van der Waals surface area contributed by atoms with Gasteiger partial charge in [-0.2, -0.15) is 5.26 Å². The molecule has 184 valence electrons. The van der Waals surface area contributed by atoms with Crippen molar-refractivity contribution in [3.8, 4) is 40.6 Å². The second-order valence-corrected chi connectivity index (χ2v) is 8.18. The van der Waals surface area contributed by atoms with Gasteiger partial charge in [-0.3, -0.25) is 0 Å². The standard InChI is InChI=1S/C29H24N4O4/c1-20-25(31-29(37-20)22-9-5-3-6-10-22)19-35-26-14-13-21(15-27(26)34-2)18-36-28-16-24(17-30)33(32-28)23-11-7-4-8-12-23/h3-16H,18-19H2,1-2H3. The third-order valence-electron chi connectivity index (χ3n) is 5.69. The van der Waals surface area contributed by atoms with Crippen molar-refractivity contribution < 1.29 is 18.6 Å². The average Bonchev–Trinajstić information content (AvgIpc) is 3.55. The predicted octanol–water partition coefficient (Wildman–Crippen LogP) is 5.87. The van der Waals surface area contributed by atoms with Crippen molar-refractivity contribution in [1.82, 2.24) is 14.8 Å². The molecule has 0 saturated heterocycles. The number of aromatic nitrogens is 3. The number of hydrogen-bond donors (Lipinski definition) is 0. The van der Waals surface area contributed by atoms with Crippen LogP contribution in [0.2, 0.25) is 0 Å². The maximum absolute atomic E-state index is 9.48. The highest BCUT2D eigenvalue weighted by Crippen LogP contribution is 2.30. The first-order valence-electron chi connectivity index (χ1n) is 11.6. The van der Waals surface area contributed by atoms with E-state index in [0.29, 0.717) is 34.7 Å². The summed E-state index contributed by atoms with van der Waals surface area (Å²) >= 11 is 0. The molecule has 0 fully saturated rings. The van der Waals surface area contributed by atoms with E-state index in [1.165, 1.54) is 0 Å². The highest BCUT2D eigenvalue weighted by atomic mass is 16.5. The van der Waals surface area contributed by atoms with Crippen LogP contribution < -0.4 is 14.2 Å². The van der Waals surface area contributed by atoms with Crippen molar-refractivity contribution in [2.24, 2.45) is 0 Å². The van der Waals surface area contributed by atoms with Crippen LogP contribution >= 0.6 is 0 Å². The summed E-state index contributed by atoms with van der Waals surface area (Å²) in [5.74, 6) is 2.77. The van der Waals surface area contributed by atoms with E-state index in [9.17, 15) is 5.26 Å². The summed E-state index contributed by atoms with van der Waals surface area (Å²) in [4.78, 5) is 4.58. The molecular formula is C29H24N4O4. The summed E-state index contributed by atoms with van der Waals surface area (Å²) in [6.07, 6.45) is 0. The van der Waals surface area contributed by atoms with Crippen molar-refractivity contribution in [2.45, 2.75) is 20.1 Å². The van der Waals surface area contributed by atoms with Crippen LogP contribution in [-0.4, -0.2) is 21.9 Å². The third kappa shape index (κ3) is 5.31. The van der Waals surface area contributed by atoms with Gasteiger partial charge in [-0.05, 0) is 48.9 Å². The van der Waals surface area contributed by atoms with Crippen LogP contribution in [0.25, 0.3) is 17.1 Å². The largest absolute Gasteiger partial charge is 0.493 e. The van der Waals surface area contributed by atoms with Gasteiger partial charge in [0.25, 0.3) is 0 Å². The van der Waals surface area contributed by atoms with E-state index in [-0.39, 0.29) is 13.2 Å². The number of nitrogens with zero attached hydrogens (tertiary/aromatic N) is 4. The number of aryl methyl sites for hydroxylation is 1. The Hall–Kier alpha value is -5.03. The van der Waals surface area contributed by atoms with Gasteiger partial charge in [0, 0.05) is 11.6 Å². The van der Waals surface area contributed by atoms with Crippen LogP contribution in [0.4, 0.5) is 0 Å². The van der Waals surface area contributed by atoms with E-state index < -0.39 is 0 Å². The molecule has 5 rings (SSSR count). The minimum Gasteiger partial charge on any atom is -0.493 e. The zero-order valence-electron chi connectivity index (χ0n) is 20.4. The van der Waals surface area contributed by atoms with E-state index in [4.69, 9.17) is 18.6 Å². The third-order valence-corrected chi connectivity index (χ3v) is 5.69. The molecule has 0 N–H and O–H groups in total. The fourth-order valence-electron chi connectivity index (χ4n) is 3.77. The van der Waals surface area contributed by atoms with Gasteiger partial charge in [0.05, 0.1) is 12.8 Å². The Labute approximate surface area is 214 Å². The molecule has 0 aliphatic rings. The summed E-state index contributed by atoms with van der Waals surface area (Å²) in [7, 11) is 1.59. The lowest BCUT2D eigenvalue weighted by atomic mass is 10.2. The average molecular weight is 493 g/mol. The van der Waals surface area contributed by atoms with Gasteiger partial charge in [-0.15, -0.1) is 5.10 Å². The summed E-state index contributed by atoms with van der Waals surface area (Å²) in [6.45, 7) is 2.35. The Morgan fingerprint density at radius 2 is 1.65 bits per heavy atom. The van der Waals surface area contributed by atoms with Crippen molar-refractivity contribution >= 4 is 0 Å². The summed E-state index contributed by atoms with van der Waals surface area (Å²) in [5, 5.41) is 13.9. The Balaban J connectivity index is 1.25. The van der Waals surface area contributed by atoms with Crippen LogP contribution in [0.3, 0.4) is 0 Å². The number of oxazole rings is 1. The molecule has 0 amide bonds. The maximum atomic E-state index is 9.48. The number of hydrogen-bond acceptors (Lipinski definition) is 7. The number of nitriles is 1. The minimum absolute atomic E-state index is 0.238. The molecule has 0 bridgehead atoms. The van der Waals surface area contributed by atoms with E-state index in [1.807, 2.05) is 85.8 Å². The number of methoxy groups -OCH3 is 1. The fraction of sp³-hybridized carbons (Fsp3) is 0.138. The Kier molecular flexibility index (Phi) is 6.86. The Morgan fingerprint density at radius 3 is 2.38 bits per heavy atom. The van der Waals surface area contributed by atoms with Crippen LogP contribution in [0, 0.1) is 18.3 Å². The first-order valence-corrected chi connectivity index (χ1v) is 11.6. The lowest BCUT2D eigenvalue weighted by molar-refractivity contribution is 0.275. The summed E-state index contributed by atoms with van der Waals surface area (Å²) in [6, 6.07) is 28.5. The van der Waals surface area contributed by atoms with Crippen molar-refractivity contribution in [1.29, 1.82) is 5.26 Å². The van der Waals surface area contributed by atoms with Gasteiger partial charge in [0.2, 0.25) is 11.8 Å². The fourth-order valence-corrected chi connectivity index (χ4v) is 3.77. The van der Waals surface area contributed by atoms with E-state index >= 15 is 0 Å². The lowest BCUT2D eigenvalue weighted by Crippen LogP contribution is -2.02. The normalized spacial score (nSPS) is 10.6. The second-order valence-electron chi connectivity index (χ2n) is 8.18. The molecule has 2 heterocycles. The number of benzene rings is 3. The smallest absolute Gasteiger partial charge is 0.234 e. The van der Waals surface area contributed by atoms with Gasteiger partial charge in [0.1, 0.15) is 36.4 Å². The molecule has 8 nitrogen and oxygen atoms in total. The molecule has 0 aliphatic carbocycles. The van der Waals surface area contributed by atoms with E-state index in [1.54, 1.807) is 17.9 Å². The molecule has 37 heavy (non-hydrogen) atoms.